The molecule has 0 aliphatic rings. The molecule has 1 N–H and O–H groups in total. The molecule has 0 unspecified atom stereocenters. The Kier molecular flexibility index (Phi) is 56.4. The summed E-state index contributed by atoms with van der Waals surface area (Å²) in [5.41, 5.74) is 15.6. The second-order valence-electron chi connectivity index (χ2n) is 30.9. The number of aliphatic hydroxyl groups is 1. The van der Waals surface area contributed by atoms with Gasteiger partial charge in [-0.2, -0.15) is 0 Å². The summed E-state index contributed by atoms with van der Waals surface area (Å²) in [6.45, 7) is 22.5. The van der Waals surface area contributed by atoms with Gasteiger partial charge < -0.3 is 23.5 Å². The Balaban J connectivity index is 0.000000495. The van der Waals surface area contributed by atoms with Gasteiger partial charge >= 0.3 is 29.6 Å². The molecule has 122 heavy (non-hydrogen) atoms. The van der Waals surface area contributed by atoms with E-state index in [9.17, 15) is 19.2 Å². The third-order valence-corrected chi connectivity index (χ3v) is 26.0. The van der Waals surface area contributed by atoms with E-state index in [1.54, 1.807) is 24.3 Å². The second-order valence-corrected chi connectivity index (χ2v) is 52.5. The maximum Gasteiger partial charge on any atom is 1.00 e. The molecule has 629 valence electrons. The van der Waals surface area contributed by atoms with Crippen molar-refractivity contribution >= 4 is 159 Å². The van der Waals surface area contributed by atoms with Gasteiger partial charge in [-0.05, 0) is 224 Å². The van der Waals surface area contributed by atoms with Crippen LogP contribution in [0, 0.1) is 29.6 Å². The van der Waals surface area contributed by atoms with Crippen LogP contribution in [0.3, 0.4) is 0 Å². The third kappa shape index (κ3) is 42.3. The molecule has 13 rings (SSSR count). The molecular formula is C107H117BBr5NaO5P3. The SMILES string of the molecule is BrP(Br)Br.CC(C)Cc1ccc(C=Cc2ccc(C=O)cc2)cc1.CC(C)Cc1ccc(C=O)cc1.CC(C)Cc1ccc(CBr)cc1.CC(C)Cc1ccc(CO)cc1.CC(C)Cc1ccc(C[P+](c2ccccc2)(c2ccccc2)c2ccccc2)cc1.O=Cc1ccc(C=O)cc1.[B].[Br-].[H-].[Na+].c1ccc(P(c2ccccc2)c2ccccc2)cc1. The Morgan fingerprint density at radius 2 is 0.484 bits per heavy atom. The standard InChI is InChI=1S/C29H30P.C19H20O.C18H15P.C11H15Br.C11H16O.C11H14O.C8H6O2.B.Br3P.BrH.Na.H/c1-24(2)22-25-18-20-26(21-19-25)23-30(27-12-6-3-7-13-27,28-14-8-4-9-15-28)29-16-10-5-11-17-29;1-15(2)13-18-9-5-16(6-10-18)3-4-17-7-11-19(14-20)12-8-17;1-4-10-16(11-5-1)19(17-12-6-2-7-13-17)18-14-8-3-9-15-18;3*1-9(2)7-10-3-5-11(8-12)6-4-10;9-5-7-1-2-8(6-10)4-3-7;;1-4(2)3;;;/h3-21,24H,22-23H2,1-2H3;3-12,14-15H,13H2,1-2H3;1-15H;3-6,9H,7-8H2,1-2H3;3-6,9,12H,7-8H2,1-2H3;3-6,8-9H,7H2,1-2H3;1-6H;;;1H;;/q+1;;;;;;;;;;+1;-1/p-1. The van der Waals surface area contributed by atoms with E-state index in [0.29, 0.717) is 40.4 Å². The van der Waals surface area contributed by atoms with E-state index >= 15 is 0 Å². The number of hydrogen-bond acceptors (Lipinski definition) is 5. The first-order valence-corrected chi connectivity index (χ1v) is 52.4. The van der Waals surface area contributed by atoms with Crippen molar-refractivity contribution in [1.29, 1.82) is 0 Å². The van der Waals surface area contributed by atoms with Crippen molar-refractivity contribution in [3.8, 4) is 0 Å². The number of rotatable bonds is 26. The van der Waals surface area contributed by atoms with Gasteiger partial charge in [-0.15, -0.1) is 0 Å². The molecule has 0 atom stereocenters. The van der Waals surface area contributed by atoms with E-state index in [1.807, 2.05) is 60.7 Å². The van der Waals surface area contributed by atoms with Crippen molar-refractivity contribution < 1.29 is 72.3 Å². The van der Waals surface area contributed by atoms with Crippen molar-refractivity contribution in [2.75, 3.05) is 0 Å². The Labute approximate surface area is 802 Å². The molecule has 13 aromatic rings. The van der Waals surface area contributed by atoms with E-state index < -0.39 is 15.2 Å². The summed E-state index contributed by atoms with van der Waals surface area (Å²) < 4.78 is -0.183. The summed E-state index contributed by atoms with van der Waals surface area (Å²) in [5, 5.41) is 18.3. The van der Waals surface area contributed by atoms with Crippen LogP contribution in [0.2, 0.25) is 0 Å². The molecule has 5 nitrogen and oxygen atoms in total. The van der Waals surface area contributed by atoms with Crippen LogP contribution in [0.25, 0.3) is 12.2 Å². The van der Waals surface area contributed by atoms with E-state index in [0.717, 1.165) is 84.9 Å². The zero-order valence-electron chi connectivity index (χ0n) is 73.4. The molecule has 0 aliphatic heterocycles. The van der Waals surface area contributed by atoms with E-state index in [4.69, 9.17) is 5.11 Å². The number of carbonyl (C=O) groups is 4. The first-order valence-electron chi connectivity index (χ1n) is 40.6. The maximum atomic E-state index is 10.6. The van der Waals surface area contributed by atoms with Crippen LogP contribution in [-0.2, 0) is 50.2 Å². The molecule has 15 heteroatoms. The quantitative estimate of drug-likeness (QED) is 0.0192. The van der Waals surface area contributed by atoms with Gasteiger partial charge in [0.2, 0.25) is 0 Å². The predicted octanol–water partition coefficient (Wildman–Crippen LogP) is 22.0. The van der Waals surface area contributed by atoms with Crippen molar-refractivity contribution in [3.63, 3.8) is 0 Å². The fourth-order valence-corrected chi connectivity index (χ4v) is 19.9. The van der Waals surface area contributed by atoms with E-state index in [1.165, 1.54) is 82.8 Å². The third-order valence-electron chi connectivity index (χ3n) is 18.5. The van der Waals surface area contributed by atoms with Gasteiger partial charge in [0.05, 0.1) is 12.8 Å². The van der Waals surface area contributed by atoms with Crippen LogP contribution in [-0.4, -0.2) is 38.7 Å². The average Bonchev–Trinajstić information content (AvgIpc) is 0.751. The molecule has 0 saturated heterocycles. The summed E-state index contributed by atoms with van der Waals surface area (Å²) in [7, 11) is -2.26. The zero-order valence-corrected chi connectivity index (χ0v) is 85.0. The van der Waals surface area contributed by atoms with Gasteiger partial charge in [0.25, 0.3) is 0 Å². The molecule has 0 saturated carbocycles. The minimum Gasteiger partial charge on any atom is -1.00 e. The summed E-state index contributed by atoms with van der Waals surface area (Å²) in [6, 6.07) is 122. The summed E-state index contributed by atoms with van der Waals surface area (Å²) in [6.07, 6.45) is 14.1. The Morgan fingerprint density at radius 3 is 0.705 bits per heavy atom. The number of alkyl halides is 1. The Morgan fingerprint density at radius 1 is 0.295 bits per heavy atom. The van der Waals surface area contributed by atoms with Crippen LogP contribution in [0.15, 0.2) is 352 Å². The average molecular weight is 2010 g/mol. The monoisotopic (exact) mass is 2000 g/mol. The van der Waals surface area contributed by atoms with Crippen molar-refractivity contribution in [2.24, 2.45) is 29.6 Å². The summed E-state index contributed by atoms with van der Waals surface area (Å²) in [5.74, 6) is 3.49. The molecule has 0 heterocycles. The predicted molar refractivity (Wildman–Crippen MR) is 541 cm³/mol. The Bertz CT molecular complexity index is 4660. The number of aldehydes is 4. The normalized spacial score (nSPS) is 10.4. The maximum absolute atomic E-state index is 10.6. The van der Waals surface area contributed by atoms with Crippen LogP contribution in [0.4, 0.5) is 0 Å². The summed E-state index contributed by atoms with van der Waals surface area (Å²) >= 11 is 12.9. The van der Waals surface area contributed by atoms with Crippen molar-refractivity contribution in [2.45, 2.75) is 119 Å². The van der Waals surface area contributed by atoms with E-state index in [2.05, 4.69) is 411 Å². The number of carbonyl (C=O) groups excluding carboxylic acids is 4. The topological polar surface area (TPSA) is 88.5 Å². The van der Waals surface area contributed by atoms with Gasteiger partial charge in [-0.3, -0.25) is 19.2 Å². The minimum absolute atomic E-state index is 0. The van der Waals surface area contributed by atoms with Crippen molar-refractivity contribution in [1.82, 2.24) is 0 Å². The first kappa shape index (κ1) is 109. The fourth-order valence-electron chi connectivity index (χ4n) is 12.9. The van der Waals surface area contributed by atoms with Crippen LogP contribution in [0.5, 0.6) is 0 Å². The first-order chi connectivity index (χ1) is 57.6. The van der Waals surface area contributed by atoms with Crippen molar-refractivity contribution in [3.05, 3.63) is 430 Å². The Hall–Kier alpha value is -7.01. The largest absolute Gasteiger partial charge is 1.00 e. The molecule has 0 amide bonds. The smallest absolute Gasteiger partial charge is 1.00 e. The minimum atomic E-state index is -1.82. The molecule has 0 fully saturated rings. The van der Waals surface area contributed by atoms with Crippen LogP contribution < -0.4 is 78.4 Å². The molecular weight excluding hydrogens is 1890 g/mol. The molecule has 0 spiro atoms. The van der Waals surface area contributed by atoms with Gasteiger partial charge in [0, 0.05) is 36.0 Å². The number of benzene rings is 13. The van der Waals surface area contributed by atoms with Crippen LogP contribution >= 0.6 is 81.6 Å². The molecule has 13 aromatic carbocycles. The van der Waals surface area contributed by atoms with Gasteiger partial charge in [0.15, 0.2) is 0 Å². The fraction of sp³-hybridized carbons (Fsp3) is 0.215. The number of aliphatic hydroxyl groups excluding tert-OH is 1. The zero-order chi connectivity index (χ0) is 86.0. The number of halogens is 5. The molecule has 0 aliphatic carbocycles. The van der Waals surface area contributed by atoms with Gasteiger partial charge in [0.1, 0.15) is 52.3 Å². The summed E-state index contributed by atoms with van der Waals surface area (Å²) in [4.78, 5) is 41.2. The van der Waals surface area contributed by atoms with Gasteiger partial charge in [-0.1, -0.05) is 413 Å². The number of hydrogen-bond donors (Lipinski definition) is 1. The van der Waals surface area contributed by atoms with Gasteiger partial charge in [-0.25, -0.2) is 0 Å². The second kappa shape index (κ2) is 63.0. The van der Waals surface area contributed by atoms with Crippen LogP contribution in [0.1, 0.15) is 168 Å². The molecule has 3 radical (unpaired) electrons. The van der Waals surface area contributed by atoms with E-state index in [-0.39, 0.29) is 67.0 Å². The molecule has 0 aromatic heterocycles. The molecule has 0 bridgehead atoms.